The second-order valence-corrected chi connectivity index (χ2v) is 10.3. The summed E-state index contributed by atoms with van der Waals surface area (Å²) >= 11 is 0. The second-order valence-electron chi connectivity index (χ2n) is 8.11. The van der Waals surface area contributed by atoms with E-state index in [0.717, 1.165) is 27.7 Å². The van der Waals surface area contributed by atoms with Gasteiger partial charge in [0.15, 0.2) is 18.3 Å². The van der Waals surface area contributed by atoms with Gasteiger partial charge in [0.05, 0.1) is 19.4 Å². The minimum absolute atomic E-state index is 0.0588. The quantitative estimate of drug-likeness (QED) is 0.147. The van der Waals surface area contributed by atoms with Gasteiger partial charge in [0.25, 0.3) is 0 Å². The van der Waals surface area contributed by atoms with Gasteiger partial charge in [0, 0.05) is 34.1 Å². The topological polar surface area (TPSA) is 170 Å². The lowest BCUT2D eigenvalue weighted by Crippen LogP contribution is -2.68. The Bertz CT molecular complexity index is 806. The van der Waals surface area contributed by atoms with E-state index in [-0.39, 0.29) is 38.6 Å². The molecule has 0 unspecified atom stereocenters. The number of carbonyl (C=O) groups excluding carboxylic acids is 4. The number of rotatable bonds is 14. The van der Waals surface area contributed by atoms with Gasteiger partial charge in [-0.05, 0) is 26.7 Å². The first-order chi connectivity index (χ1) is 16.8. The van der Waals surface area contributed by atoms with Gasteiger partial charge in [-0.25, -0.2) is 0 Å². The van der Waals surface area contributed by atoms with Crippen molar-refractivity contribution >= 4 is 31.5 Å². The van der Waals surface area contributed by atoms with Crippen LogP contribution < -0.4 is 0 Å². The average molecular weight is 540 g/mol. The normalized spacial score (nSPS) is 26.1. The Labute approximate surface area is 210 Å². The van der Waals surface area contributed by atoms with Gasteiger partial charge in [-0.15, -0.1) is 0 Å². The van der Waals surface area contributed by atoms with Crippen LogP contribution >= 0.6 is 7.60 Å². The van der Waals surface area contributed by atoms with Gasteiger partial charge in [-0.3, -0.25) is 23.7 Å². The van der Waals surface area contributed by atoms with Gasteiger partial charge >= 0.3 is 31.5 Å². The van der Waals surface area contributed by atoms with Crippen molar-refractivity contribution in [1.29, 1.82) is 0 Å². The summed E-state index contributed by atoms with van der Waals surface area (Å²) in [6.07, 6.45) is -5.36. The Morgan fingerprint density at radius 2 is 1.36 bits per heavy atom. The summed E-state index contributed by atoms with van der Waals surface area (Å²) in [5.74, 6) is -5.31. The zero-order valence-electron chi connectivity index (χ0n) is 21.6. The zero-order valence-corrected chi connectivity index (χ0v) is 22.4. The fourth-order valence-corrected chi connectivity index (χ4v) is 5.53. The van der Waals surface area contributed by atoms with E-state index >= 15 is 0 Å². The van der Waals surface area contributed by atoms with Crippen LogP contribution in [0.4, 0.5) is 0 Å². The van der Waals surface area contributed by atoms with Gasteiger partial charge in [-0.2, -0.15) is 0 Å². The summed E-state index contributed by atoms with van der Waals surface area (Å²) in [4.78, 5) is 47.0. The number of esters is 4. The van der Waals surface area contributed by atoms with Crippen molar-refractivity contribution in [3.63, 3.8) is 0 Å². The van der Waals surface area contributed by atoms with Crippen molar-refractivity contribution in [2.75, 3.05) is 26.0 Å². The van der Waals surface area contributed by atoms with E-state index in [1.165, 1.54) is 0 Å². The number of hydrogen-bond donors (Lipinski definition) is 1. The largest absolute Gasteiger partial charge is 0.463 e. The molecular weight excluding hydrogens is 503 g/mol. The van der Waals surface area contributed by atoms with E-state index in [1.807, 2.05) is 0 Å². The molecule has 5 atom stereocenters. The maximum Gasteiger partial charge on any atom is 0.330 e. The molecule has 1 aliphatic rings. The van der Waals surface area contributed by atoms with Crippen molar-refractivity contribution in [3.05, 3.63) is 0 Å². The van der Waals surface area contributed by atoms with Crippen LogP contribution in [0.15, 0.2) is 0 Å². The highest BCUT2D eigenvalue weighted by Gasteiger charge is 2.59. The SMILES string of the molecule is CCOP(=O)(CCCC[C@@]1(O)O[C@H](COC(C)=O)[C@@H](OC(C)=O)[C@H](OC(C)=O)[C@H]1OC(C)=O)OCC. The van der Waals surface area contributed by atoms with E-state index in [2.05, 4.69) is 0 Å². The smallest absolute Gasteiger partial charge is 0.330 e. The summed E-state index contributed by atoms with van der Waals surface area (Å²) < 4.78 is 49.9. The first-order valence-electron chi connectivity index (χ1n) is 11.7. The minimum atomic E-state index is -3.33. The second kappa shape index (κ2) is 14.6. The first kappa shape index (κ1) is 32.0. The monoisotopic (exact) mass is 540 g/mol. The molecule has 0 radical (unpaired) electrons. The third-order valence-corrected chi connectivity index (χ3v) is 7.17. The molecule has 0 aromatic rings. The van der Waals surface area contributed by atoms with Crippen LogP contribution in [-0.2, 0) is 56.5 Å². The molecule has 36 heavy (non-hydrogen) atoms. The predicted molar refractivity (Wildman–Crippen MR) is 123 cm³/mol. The number of hydrogen-bond acceptors (Lipinski definition) is 13. The molecule has 1 saturated heterocycles. The molecule has 1 fully saturated rings. The van der Waals surface area contributed by atoms with Crippen LogP contribution in [-0.4, -0.2) is 85.2 Å². The van der Waals surface area contributed by atoms with Crippen molar-refractivity contribution in [2.24, 2.45) is 0 Å². The lowest BCUT2D eigenvalue weighted by molar-refractivity contribution is -0.354. The summed E-state index contributed by atoms with van der Waals surface area (Å²) in [6, 6.07) is 0. The average Bonchev–Trinajstić information content (AvgIpc) is 2.74. The fourth-order valence-electron chi connectivity index (χ4n) is 3.80. The predicted octanol–water partition coefficient (Wildman–Crippen LogP) is 1.87. The molecule has 0 spiro atoms. The van der Waals surface area contributed by atoms with Crippen LogP contribution in [0, 0.1) is 0 Å². The Morgan fingerprint density at radius 3 is 1.83 bits per heavy atom. The maximum absolute atomic E-state index is 12.7. The third kappa shape index (κ3) is 10.1. The van der Waals surface area contributed by atoms with E-state index in [4.69, 9.17) is 32.7 Å². The number of unbranched alkanes of at least 4 members (excludes halogenated alkanes) is 1. The number of carbonyl (C=O) groups is 4. The molecule has 1 heterocycles. The molecule has 1 aliphatic heterocycles. The molecule has 14 heteroatoms. The van der Waals surface area contributed by atoms with Crippen LogP contribution in [0.1, 0.15) is 60.8 Å². The molecule has 208 valence electrons. The van der Waals surface area contributed by atoms with E-state index in [0.29, 0.717) is 0 Å². The molecule has 0 bridgehead atoms. The molecule has 1 rings (SSSR count). The van der Waals surface area contributed by atoms with Crippen LogP contribution in [0.2, 0.25) is 0 Å². The Hall–Kier alpha value is -2.05. The maximum atomic E-state index is 12.7. The third-order valence-electron chi connectivity index (χ3n) is 5.01. The summed E-state index contributed by atoms with van der Waals surface area (Å²) in [7, 11) is -3.33. The highest BCUT2D eigenvalue weighted by Crippen LogP contribution is 2.49. The Morgan fingerprint density at radius 1 is 0.833 bits per heavy atom. The molecule has 0 aromatic heterocycles. The number of ether oxygens (including phenoxy) is 5. The highest BCUT2D eigenvalue weighted by molar-refractivity contribution is 7.53. The standard InChI is InChI=1S/C22H37O13P/c1-7-30-36(28,31-8-2)12-10-9-11-22(27)21(34-17(6)26)20(33-16(5)25)19(32-15(4)24)18(35-22)13-29-14(3)23/h18-21,27H,7-13H2,1-6H3/t18-,19-,20+,21-,22-/m1/s1. The first-order valence-corrected chi connectivity index (χ1v) is 13.4. The van der Waals surface area contributed by atoms with Crippen LogP contribution in [0.3, 0.4) is 0 Å². The molecule has 0 saturated carbocycles. The van der Waals surface area contributed by atoms with Gasteiger partial charge in [-0.1, -0.05) is 0 Å². The van der Waals surface area contributed by atoms with Gasteiger partial charge in [0.2, 0.25) is 5.79 Å². The number of aliphatic hydroxyl groups is 1. The molecular formula is C22H37O13P. The fraction of sp³-hybridized carbons (Fsp3) is 0.818. The van der Waals surface area contributed by atoms with Crippen molar-refractivity contribution in [2.45, 2.75) is 91.0 Å². The van der Waals surface area contributed by atoms with Crippen molar-refractivity contribution in [3.8, 4) is 0 Å². The molecule has 0 amide bonds. The molecule has 0 aromatic carbocycles. The van der Waals surface area contributed by atoms with E-state index in [1.54, 1.807) is 13.8 Å². The Kier molecular flexibility index (Phi) is 13.0. The lowest BCUT2D eigenvalue weighted by Gasteiger charge is -2.48. The van der Waals surface area contributed by atoms with Gasteiger partial charge in [0.1, 0.15) is 12.7 Å². The van der Waals surface area contributed by atoms with E-state index < -0.39 is 68.3 Å². The summed E-state index contributed by atoms with van der Waals surface area (Å²) in [5, 5.41) is 11.5. The van der Waals surface area contributed by atoms with E-state index in [9.17, 15) is 28.8 Å². The molecule has 1 N–H and O–H groups in total. The summed E-state index contributed by atoms with van der Waals surface area (Å²) in [5.41, 5.74) is 0. The Balaban J connectivity index is 3.25. The summed E-state index contributed by atoms with van der Waals surface area (Å²) in [6.45, 7) is 7.72. The highest BCUT2D eigenvalue weighted by atomic mass is 31.2. The minimum Gasteiger partial charge on any atom is -0.463 e. The van der Waals surface area contributed by atoms with Gasteiger partial charge < -0.3 is 37.8 Å². The molecule has 0 aliphatic carbocycles. The van der Waals surface area contributed by atoms with Crippen LogP contribution in [0.5, 0.6) is 0 Å². The van der Waals surface area contributed by atoms with Crippen molar-refractivity contribution < 1.29 is 61.6 Å². The zero-order chi connectivity index (χ0) is 27.5. The van der Waals surface area contributed by atoms with Crippen molar-refractivity contribution in [1.82, 2.24) is 0 Å². The van der Waals surface area contributed by atoms with Crippen LogP contribution in [0.25, 0.3) is 0 Å². The molecule has 13 nitrogen and oxygen atoms in total. The lowest BCUT2D eigenvalue weighted by atomic mass is 9.89.